The highest BCUT2D eigenvalue weighted by atomic mass is 35.5. The standard InChI is InChI=1S/C17H18N2O.ClH/c1-20-15-5-2-12(3-6-15)13-4-7-17-16(10-13)14(8-9-18)11-19-17;/h2-7,10-11,19H,8-9,18H2,1H3;1H. The Kier molecular flexibility index (Phi) is 4.89. The van der Waals surface area contributed by atoms with Crippen molar-refractivity contribution < 1.29 is 4.74 Å². The van der Waals surface area contributed by atoms with Crippen molar-refractivity contribution in [3.63, 3.8) is 0 Å². The highest BCUT2D eigenvalue weighted by Gasteiger charge is 2.05. The van der Waals surface area contributed by atoms with Crippen LogP contribution < -0.4 is 10.5 Å². The van der Waals surface area contributed by atoms with Crippen LogP contribution in [-0.2, 0) is 6.42 Å². The molecule has 0 spiro atoms. The summed E-state index contributed by atoms with van der Waals surface area (Å²) in [4.78, 5) is 3.29. The van der Waals surface area contributed by atoms with Crippen LogP contribution in [0.15, 0.2) is 48.7 Å². The molecule has 3 N–H and O–H groups in total. The lowest BCUT2D eigenvalue weighted by Crippen LogP contribution is -2.01. The molecule has 4 heteroatoms. The molecule has 0 aliphatic heterocycles. The molecule has 0 atom stereocenters. The maximum Gasteiger partial charge on any atom is 0.118 e. The van der Waals surface area contributed by atoms with Gasteiger partial charge in [-0.3, -0.25) is 0 Å². The van der Waals surface area contributed by atoms with Crippen molar-refractivity contribution in [2.24, 2.45) is 5.73 Å². The first-order valence-electron chi connectivity index (χ1n) is 6.76. The number of ether oxygens (including phenoxy) is 1. The van der Waals surface area contributed by atoms with Crippen LogP contribution in [0, 0.1) is 0 Å². The molecule has 1 aromatic heterocycles. The summed E-state index contributed by atoms with van der Waals surface area (Å²) in [5.41, 5.74) is 10.5. The maximum absolute atomic E-state index is 5.66. The second kappa shape index (κ2) is 6.66. The average Bonchev–Trinajstić information content (AvgIpc) is 2.90. The first kappa shape index (κ1) is 15.4. The zero-order chi connectivity index (χ0) is 13.9. The fourth-order valence-corrected chi connectivity index (χ4v) is 2.50. The van der Waals surface area contributed by atoms with E-state index < -0.39 is 0 Å². The van der Waals surface area contributed by atoms with Crippen molar-refractivity contribution in [1.82, 2.24) is 4.98 Å². The van der Waals surface area contributed by atoms with Gasteiger partial charge in [0.25, 0.3) is 0 Å². The Morgan fingerprint density at radius 2 is 1.76 bits per heavy atom. The van der Waals surface area contributed by atoms with E-state index in [9.17, 15) is 0 Å². The molecule has 1 heterocycles. The van der Waals surface area contributed by atoms with Crippen molar-refractivity contribution in [3.05, 3.63) is 54.2 Å². The van der Waals surface area contributed by atoms with Gasteiger partial charge in [0.15, 0.2) is 0 Å². The Morgan fingerprint density at radius 1 is 1.05 bits per heavy atom. The monoisotopic (exact) mass is 302 g/mol. The van der Waals surface area contributed by atoms with Gasteiger partial charge in [-0.1, -0.05) is 18.2 Å². The second-order valence-electron chi connectivity index (χ2n) is 4.84. The molecule has 0 radical (unpaired) electrons. The van der Waals surface area contributed by atoms with Gasteiger partial charge in [-0.2, -0.15) is 0 Å². The van der Waals surface area contributed by atoms with Gasteiger partial charge in [-0.05, 0) is 53.9 Å². The molecular formula is C17H19ClN2O. The van der Waals surface area contributed by atoms with E-state index in [2.05, 4.69) is 41.5 Å². The number of methoxy groups -OCH3 is 1. The summed E-state index contributed by atoms with van der Waals surface area (Å²) in [6.45, 7) is 0.666. The Bertz CT molecular complexity index is 719. The third-order valence-electron chi connectivity index (χ3n) is 3.60. The highest BCUT2D eigenvalue weighted by molar-refractivity contribution is 5.88. The average molecular weight is 303 g/mol. The maximum atomic E-state index is 5.66. The zero-order valence-electron chi connectivity index (χ0n) is 11.9. The summed E-state index contributed by atoms with van der Waals surface area (Å²) in [5.74, 6) is 0.875. The Morgan fingerprint density at radius 3 is 2.43 bits per heavy atom. The van der Waals surface area contributed by atoms with Crippen molar-refractivity contribution in [3.8, 4) is 16.9 Å². The number of rotatable bonds is 4. The lowest BCUT2D eigenvalue weighted by Gasteiger charge is -2.05. The van der Waals surface area contributed by atoms with E-state index in [1.54, 1.807) is 7.11 Å². The summed E-state index contributed by atoms with van der Waals surface area (Å²) in [6.07, 6.45) is 2.95. The predicted octanol–water partition coefficient (Wildman–Crippen LogP) is 3.77. The molecule has 3 rings (SSSR count). The Hall–Kier alpha value is -1.97. The summed E-state index contributed by atoms with van der Waals surface area (Å²) in [5, 5.41) is 1.25. The van der Waals surface area contributed by atoms with Gasteiger partial charge in [0, 0.05) is 17.1 Å². The quantitative estimate of drug-likeness (QED) is 0.771. The van der Waals surface area contributed by atoms with E-state index >= 15 is 0 Å². The molecule has 0 saturated carbocycles. The van der Waals surface area contributed by atoms with Crippen LogP contribution in [0.5, 0.6) is 5.75 Å². The molecule has 0 saturated heterocycles. The van der Waals surface area contributed by atoms with Gasteiger partial charge >= 0.3 is 0 Å². The molecule has 3 nitrogen and oxygen atoms in total. The minimum atomic E-state index is 0. The fourth-order valence-electron chi connectivity index (χ4n) is 2.50. The lowest BCUT2D eigenvalue weighted by molar-refractivity contribution is 0.415. The van der Waals surface area contributed by atoms with E-state index in [-0.39, 0.29) is 12.4 Å². The van der Waals surface area contributed by atoms with Crippen LogP contribution in [0.3, 0.4) is 0 Å². The van der Waals surface area contributed by atoms with Crippen molar-refractivity contribution in [2.45, 2.75) is 6.42 Å². The van der Waals surface area contributed by atoms with Gasteiger partial charge in [-0.15, -0.1) is 12.4 Å². The van der Waals surface area contributed by atoms with Gasteiger partial charge in [-0.25, -0.2) is 0 Å². The van der Waals surface area contributed by atoms with Gasteiger partial charge in [0.2, 0.25) is 0 Å². The molecule has 0 amide bonds. The number of H-pyrrole nitrogens is 1. The molecule has 0 fully saturated rings. The molecule has 3 aromatic rings. The van der Waals surface area contributed by atoms with E-state index in [0.29, 0.717) is 6.54 Å². The number of hydrogen-bond acceptors (Lipinski definition) is 2. The smallest absolute Gasteiger partial charge is 0.118 e. The molecule has 0 bridgehead atoms. The van der Waals surface area contributed by atoms with E-state index in [1.165, 1.54) is 22.1 Å². The minimum Gasteiger partial charge on any atom is -0.497 e. The molecule has 0 aliphatic rings. The molecule has 110 valence electrons. The van der Waals surface area contributed by atoms with Crippen LogP contribution >= 0.6 is 12.4 Å². The van der Waals surface area contributed by atoms with Crippen molar-refractivity contribution >= 4 is 23.3 Å². The number of benzene rings is 2. The number of hydrogen-bond donors (Lipinski definition) is 2. The van der Waals surface area contributed by atoms with Gasteiger partial charge in [0.1, 0.15) is 5.75 Å². The van der Waals surface area contributed by atoms with Crippen LogP contribution in [-0.4, -0.2) is 18.6 Å². The number of nitrogens with one attached hydrogen (secondary N) is 1. The highest BCUT2D eigenvalue weighted by Crippen LogP contribution is 2.27. The second-order valence-corrected chi connectivity index (χ2v) is 4.84. The van der Waals surface area contributed by atoms with Gasteiger partial charge < -0.3 is 15.5 Å². The van der Waals surface area contributed by atoms with Crippen LogP contribution in [0.2, 0.25) is 0 Å². The lowest BCUT2D eigenvalue weighted by atomic mass is 10.0. The Balaban J connectivity index is 0.00000161. The number of aromatic nitrogens is 1. The number of halogens is 1. The van der Waals surface area contributed by atoms with E-state index in [4.69, 9.17) is 10.5 Å². The fraction of sp³-hybridized carbons (Fsp3) is 0.176. The molecule has 21 heavy (non-hydrogen) atoms. The zero-order valence-corrected chi connectivity index (χ0v) is 12.7. The molecule has 0 aliphatic carbocycles. The topological polar surface area (TPSA) is 51.0 Å². The Labute approximate surface area is 130 Å². The van der Waals surface area contributed by atoms with E-state index in [1.807, 2.05) is 12.1 Å². The number of nitrogens with two attached hydrogens (primary N) is 1. The number of fused-ring (bicyclic) bond motifs is 1. The minimum absolute atomic E-state index is 0. The van der Waals surface area contributed by atoms with Crippen LogP contribution in [0.1, 0.15) is 5.56 Å². The first-order chi connectivity index (χ1) is 9.81. The largest absolute Gasteiger partial charge is 0.497 e. The first-order valence-corrected chi connectivity index (χ1v) is 6.76. The summed E-state index contributed by atoms with van der Waals surface area (Å²) >= 11 is 0. The third kappa shape index (κ3) is 3.04. The SMILES string of the molecule is COc1ccc(-c2ccc3[nH]cc(CCN)c3c2)cc1.Cl. The van der Waals surface area contributed by atoms with Crippen LogP contribution in [0.25, 0.3) is 22.0 Å². The van der Waals surface area contributed by atoms with Crippen molar-refractivity contribution in [2.75, 3.05) is 13.7 Å². The molecule has 0 unspecified atom stereocenters. The molecule has 2 aromatic carbocycles. The summed E-state index contributed by atoms with van der Waals surface area (Å²) in [7, 11) is 1.68. The normalized spacial score (nSPS) is 10.4. The van der Waals surface area contributed by atoms with Gasteiger partial charge in [0.05, 0.1) is 7.11 Å². The predicted molar refractivity (Wildman–Crippen MR) is 90.3 cm³/mol. The number of aromatic amines is 1. The molecular weight excluding hydrogens is 284 g/mol. The van der Waals surface area contributed by atoms with Crippen molar-refractivity contribution in [1.29, 1.82) is 0 Å². The summed E-state index contributed by atoms with van der Waals surface area (Å²) in [6, 6.07) is 14.6. The van der Waals surface area contributed by atoms with Crippen LogP contribution in [0.4, 0.5) is 0 Å². The third-order valence-corrected chi connectivity index (χ3v) is 3.60. The van der Waals surface area contributed by atoms with E-state index in [0.717, 1.165) is 17.7 Å². The summed E-state index contributed by atoms with van der Waals surface area (Å²) < 4.78 is 5.20.